The van der Waals surface area contributed by atoms with E-state index in [4.69, 9.17) is 37.7 Å². The van der Waals surface area contributed by atoms with E-state index in [0.29, 0.717) is 25.5 Å². The smallest absolute Gasteiger partial charge is 0.458 e. The minimum Gasteiger partial charge on any atom is -0.458 e. The molecule has 4 rings (SSSR count). The summed E-state index contributed by atoms with van der Waals surface area (Å²) in [6, 6.07) is 0. The highest BCUT2D eigenvalue weighted by atomic mass is 35.5. The van der Waals surface area contributed by atoms with Gasteiger partial charge >= 0.3 is 13.8 Å². The standard InChI is InChI=1S/C24H32O6.C2H3Cl2O4P/c1-13-9-16-17-6-8-24(29,20(28)12-30-14(2)25)23(17,4)11-19(27)21(16)22(3)7-5-15(26)10-18(13)22;3-2(4)1-8-9(5,6)7/h5,7,10,13,16-17,19,21,27,29H,6,8-9,11-12H2,1-4H3;1H,(H2,5,6,7)/t13-,16-,17-,19-,21+,22-,23-,24-;/m0./s1. The molecule has 10 nitrogen and oxygen atoms in total. The quantitative estimate of drug-likeness (QED) is 0.205. The van der Waals surface area contributed by atoms with Gasteiger partial charge in [-0.25, -0.2) is 4.57 Å². The predicted octanol–water partition coefficient (Wildman–Crippen LogP) is 3.75. The number of Topliss-reactive ketones (excluding diaryl/α,β-unsaturated/α-hetero) is 1. The predicted molar refractivity (Wildman–Crippen MR) is 142 cm³/mol. The third-order valence-electron chi connectivity index (χ3n) is 9.12. The monoisotopic (exact) mass is 608 g/mol. The van der Waals surface area contributed by atoms with Crippen LogP contribution in [0.15, 0.2) is 34.6 Å². The van der Waals surface area contributed by atoms with Gasteiger partial charge in [-0.15, -0.1) is 0 Å². The molecular formula is C26H35Cl2O10P. The highest BCUT2D eigenvalue weighted by Gasteiger charge is 2.68. The Morgan fingerprint density at radius 2 is 1.90 bits per heavy atom. The molecule has 8 atom stereocenters. The van der Waals surface area contributed by atoms with Crippen LogP contribution in [0.25, 0.3) is 0 Å². The Balaban J connectivity index is 0.000000403. The Labute approximate surface area is 237 Å². The molecule has 0 aromatic rings. The first-order valence-corrected chi connectivity index (χ1v) is 14.9. The number of carbonyl (C=O) groups excluding carboxylic acids is 3. The van der Waals surface area contributed by atoms with Gasteiger partial charge in [0.15, 0.2) is 12.4 Å². The summed E-state index contributed by atoms with van der Waals surface area (Å²) in [5.74, 6) is -0.712. The molecule has 218 valence electrons. The summed E-state index contributed by atoms with van der Waals surface area (Å²) in [5, 5.41) is 22.9. The lowest BCUT2D eigenvalue weighted by Crippen LogP contribution is -2.62. The number of aliphatic hydroxyl groups excluding tert-OH is 1. The van der Waals surface area contributed by atoms with Crippen molar-refractivity contribution in [3.8, 4) is 0 Å². The molecule has 0 amide bonds. The number of fused-ring (bicyclic) bond motifs is 5. The fourth-order valence-corrected chi connectivity index (χ4v) is 8.06. The van der Waals surface area contributed by atoms with E-state index in [1.54, 1.807) is 12.2 Å². The maximum absolute atomic E-state index is 12.9. The van der Waals surface area contributed by atoms with Crippen LogP contribution in [0, 0.1) is 34.5 Å². The van der Waals surface area contributed by atoms with Crippen LogP contribution in [0.4, 0.5) is 0 Å². The number of carbonyl (C=O) groups is 3. The molecule has 0 saturated heterocycles. The molecule has 0 aromatic heterocycles. The van der Waals surface area contributed by atoms with E-state index in [9.17, 15) is 29.2 Å². The zero-order valence-corrected chi connectivity index (χ0v) is 24.6. The number of ketones is 2. The Bertz CT molecular complexity index is 1160. The van der Waals surface area contributed by atoms with E-state index < -0.39 is 48.7 Å². The van der Waals surface area contributed by atoms with Gasteiger partial charge in [0.25, 0.3) is 0 Å². The summed E-state index contributed by atoms with van der Waals surface area (Å²) in [4.78, 5) is 52.1. The third kappa shape index (κ3) is 6.22. The number of rotatable bonds is 5. The minimum absolute atomic E-state index is 0.00535. The van der Waals surface area contributed by atoms with Crippen molar-refractivity contribution in [2.24, 2.45) is 34.5 Å². The lowest BCUT2D eigenvalue weighted by atomic mass is 9.45. The second kappa shape index (κ2) is 11.4. The zero-order chi connectivity index (χ0) is 29.6. The van der Waals surface area contributed by atoms with Crippen molar-refractivity contribution in [2.75, 3.05) is 6.61 Å². The second-order valence-corrected chi connectivity index (χ2v) is 13.5. The van der Waals surface area contributed by atoms with Gasteiger partial charge < -0.3 is 19.5 Å². The molecule has 4 aliphatic carbocycles. The fraction of sp³-hybridized carbons (Fsp3) is 0.654. The summed E-state index contributed by atoms with van der Waals surface area (Å²) < 4.78 is 18.1. The summed E-state index contributed by atoms with van der Waals surface area (Å²) in [5.41, 5.74) is -1.72. The topological polar surface area (TPSA) is 168 Å². The average molecular weight is 609 g/mol. The normalized spacial score (nSPS) is 38.7. The Morgan fingerprint density at radius 1 is 1.26 bits per heavy atom. The fourth-order valence-electron chi connectivity index (χ4n) is 7.61. The molecule has 0 heterocycles. The van der Waals surface area contributed by atoms with Gasteiger partial charge in [-0.3, -0.25) is 24.2 Å². The van der Waals surface area contributed by atoms with Crippen LogP contribution in [0.1, 0.15) is 53.4 Å². The number of phosphoric ester groups is 1. The first-order chi connectivity index (χ1) is 17.9. The third-order valence-corrected chi connectivity index (χ3v) is 9.67. The maximum atomic E-state index is 12.9. The number of aliphatic hydroxyl groups is 2. The van der Waals surface area contributed by atoms with Crippen LogP contribution >= 0.6 is 31.0 Å². The number of esters is 1. The van der Waals surface area contributed by atoms with Crippen LogP contribution < -0.4 is 0 Å². The molecule has 3 fully saturated rings. The van der Waals surface area contributed by atoms with Gasteiger partial charge in [-0.2, -0.15) is 0 Å². The summed E-state index contributed by atoms with van der Waals surface area (Å²) >= 11 is 9.88. The van der Waals surface area contributed by atoms with Crippen LogP contribution in [-0.2, 0) is 28.2 Å². The lowest BCUT2D eigenvalue weighted by molar-refractivity contribution is -0.182. The van der Waals surface area contributed by atoms with Crippen LogP contribution in [0.2, 0.25) is 0 Å². The van der Waals surface area contributed by atoms with Crippen molar-refractivity contribution in [3.63, 3.8) is 0 Å². The summed E-state index contributed by atoms with van der Waals surface area (Å²) in [6.45, 7) is 6.94. The molecule has 13 heteroatoms. The van der Waals surface area contributed by atoms with E-state index >= 15 is 0 Å². The van der Waals surface area contributed by atoms with Gasteiger partial charge in [-0.1, -0.05) is 55.6 Å². The molecule has 0 spiro atoms. The van der Waals surface area contributed by atoms with Crippen molar-refractivity contribution in [2.45, 2.75) is 65.1 Å². The highest BCUT2D eigenvalue weighted by molar-refractivity contribution is 7.46. The number of allylic oxidation sites excluding steroid dienone is 4. The molecule has 0 radical (unpaired) electrons. The minimum atomic E-state index is -4.46. The number of phosphoric acid groups is 1. The van der Waals surface area contributed by atoms with Crippen molar-refractivity contribution in [1.82, 2.24) is 0 Å². The van der Waals surface area contributed by atoms with Crippen molar-refractivity contribution < 1.29 is 48.2 Å². The first kappa shape index (κ1) is 32.0. The van der Waals surface area contributed by atoms with Gasteiger partial charge in [0.2, 0.25) is 5.78 Å². The van der Waals surface area contributed by atoms with E-state index in [1.807, 2.05) is 13.0 Å². The summed E-state index contributed by atoms with van der Waals surface area (Å²) in [6.07, 6.45) is 7.27. The molecule has 0 aliphatic heterocycles. The van der Waals surface area contributed by atoms with Crippen LogP contribution in [0.5, 0.6) is 0 Å². The van der Waals surface area contributed by atoms with E-state index in [1.165, 1.54) is 6.92 Å². The van der Waals surface area contributed by atoms with Gasteiger partial charge in [0.1, 0.15) is 16.4 Å². The number of hydrogen-bond donors (Lipinski definition) is 4. The number of hydrogen-bond acceptors (Lipinski definition) is 8. The Kier molecular flexibility index (Phi) is 9.35. The zero-order valence-electron chi connectivity index (χ0n) is 22.2. The molecule has 4 N–H and O–H groups in total. The molecule has 0 unspecified atom stereocenters. The largest absolute Gasteiger partial charge is 0.524 e. The van der Waals surface area contributed by atoms with E-state index in [2.05, 4.69) is 18.4 Å². The molecular weight excluding hydrogens is 574 g/mol. The Hall–Kier alpha value is -1.52. The second-order valence-electron chi connectivity index (χ2n) is 11.3. The van der Waals surface area contributed by atoms with Gasteiger partial charge in [0, 0.05) is 23.7 Å². The van der Waals surface area contributed by atoms with Crippen molar-refractivity contribution in [3.05, 3.63) is 34.6 Å². The number of halogens is 2. The number of ether oxygens (including phenoxy) is 1. The first-order valence-electron chi connectivity index (χ1n) is 12.6. The van der Waals surface area contributed by atoms with Gasteiger partial charge in [-0.05, 0) is 55.6 Å². The highest BCUT2D eigenvalue weighted by Crippen LogP contribution is 2.67. The Morgan fingerprint density at radius 3 is 2.44 bits per heavy atom. The van der Waals surface area contributed by atoms with Gasteiger partial charge in [0.05, 0.1) is 6.10 Å². The molecule has 4 aliphatic rings. The van der Waals surface area contributed by atoms with E-state index in [0.717, 1.165) is 12.0 Å². The average Bonchev–Trinajstić information content (AvgIpc) is 3.08. The molecule has 3 saturated carbocycles. The summed E-state index contributed by atoms with van der Waals surface area (Å²) in [7, 11) is -4.46. The van der Waals surface area contributed by atoms with E-state index in [-0.39, 0.29) is 33.9 Å². The molecule has 39 heavy (non-hydrogen) atoms. The molecule has 0 bridgehead atoms. The SMILES string of the molecule is CC(=O)OCC(=O)[C@@]1(O)CC[C@H]2[C@@H]3C[C@H](C)C4=CC(=O)C=C[C@]4(C)[C@H]3[C@@H](O)C[C@@]21C.O=P(O)(O)OC=C(Cl)Cl. The van der Waals surface area contributed by atoms with Crippen molar-refractivity contribution >= 4 is 48.6 Å². The molecule has 0 aromatic carbocycles. The van der Waals surface area contributed by atoms with Crippen LogP contribution in [-0.4, -0.2) is 55.8 Å². The lowest BCUT2D eigenvalue weighted by Gasteiger charge is -2.60. The maximum Gasteiger partial charge on any atom is 0.524 e. The van der Waals surface area contributed by atoms with Crippen LogP contribution in [0.3, 0.4) is 0 Å². The van der Waals surface area contributed by atoms with Crippen molar-refractivity contribution in [1.29, 1.82) is 0 Å².